The largest absolute Gasteiger partial charge is 0.384 e. The first-order valence-electron chi connectivity index (χ1n) is 6.39. The second-order valence-electron chi connectivity index (χ2n) is 4.43. The van der Waals surface area contributed by atoms with Crippen LogP contribution in [0.25, 0.3) is 0 Å². The highest BCUT2D eigenvalue weighted by Crippen LogP contribution is 2.14. The molecule has 0 aromatic heterocycles. The number of hydrogen-bond acceptors (Lipinski definition) is 2. The van der Waals surface area contributed by atoms with Crippen LogP contribution in [0.1, 0.15) is 16.7 Å². The van der Waals surface area contributed by atoms with E-state index >= 15 is 0 Å². The zero-order valence-corrected chi connectivity index (χ0v) is 12.9. The summed E-state index contributed by atoms with van der Waals surface area (Å²) in [7, 11) is 0. The Kier molecular flexibility index (Phi) is 5.94. The summed E-state index contributed by atoms with van der Waals surface area (Å²) < 4.78 is 20.1. The summed E-state index contributed by atoms with van der Waals surface area (Å²) in [5.74, 6) is 4.83. The van der Waals surface area contributed by atoms with Gasteiger partial charge in [0.25, 0.3) is 0 Å². The predicted octanol–water partition coefficient (Wildman–Crippen LogP) is 3.65. The molecule has 0 unspecified atom stereocenters. The van der Waals surface area contributed by atoms with Gasteiger partial charge >= 0.3 is 0 Å². The maximum Gasteiger partial charge on any atom is 0.124 e. The number of benzene rings is 2. The van der Waals surface area contributed by atoms with E-state index in [1.165, 1.54) is 12.1 Å². The molecule has 0 spiro atoms. The smallest absolute Gasteiger partial charge is 0.124 e. The van der Waals surface area contributed by atoms with E-state index in [1.807, 2.05) is 24.3 Å². The van der Waals surface area contributed by atoms with Gasteiger partial charge in [0, 0.05) is 10.0 Å². The van der Waals surface area contributed by atoms with Crippen LogP contribution < -0.4 is 0 Å². The molecule has 0 radical (unpaired) electrons. The molecule has 4 heteroatoms. The van der Waals surface area contributed by atoms with Crippen molar-refractivity contribution >= 4 is 15.9 Å². The van der Waals surface area contributed by atoms with E-state index in [4.69, 9.17) is 9.84 Å². The monoisotopic (exact) mass is 348 g/mol. The van der Waals surface area contributed by atoms with Crippen LogP contribution in [0.3, 0.4) is 0 Å². The second kappa shape index (κ2) is 7.94. The van der Waals surface area contributed by atoms with Crippen LogP contribution in [0.5, 0.6) is 0 Å². The number of aliphatic hydroxyl groups is 1. The normalized spacial score (nSPS) is 10.0. The van der Waals surface area contributed by atoms with Gasteiger partial charge in [0.2, 0.25) is 0 Å². The van der Waals surface area contributed by atoms with Crippen LogP contribution in [0.2, 0.25) is 0 Å². The van der Waals surface area contributed by atoms with E-state index in [-0.39, 0.29) is 12.4 Å². The molecule has 0 amide bonds. The summed E-state index contributed by atoms with van der Waals surface area (Å²) in [6, 6.07) is 12.3. The van der Waals surface area contributed by atoms with Crippen molar-refractivity contribution in [1.82, 2.24) is 0 Å². The van der Waals surface area contributed by atoms with Gasteiger partial charge in [-0.25, -0.2) is 4.39 Å². The van der Waals surface area contributed by atoms with Crippen molar-refractivity contribution in [3.63, 3.8) is 0 Å². The Morgan fingerprint density at radius 1 is 1.10 bits per heavy atom. The summed E-state index contributed by atoms with van der Waals surface area (Å²) in [6.07, 6.45) is 0. The molecule has 0 fully saturated rings. The Balaban J connectivity index is 1.98. The van der Waals surface area contributed by atoms with Gasteiger partial charge in [-0.3, -0.25) is 0 Å². The van der Waals surface area contributed by atoms with E-state index in [0.29, 0.717) is 24.3 Å². The minimum absolute atomic E-state index is 0.245. The molecule has 2 aromatic rings. The quantitative estimate of drug-likeness (QED) is 0.854. The van der Waals surface area contributed by atoms with Crippen LogP contribution in [0.4, 0.5) is 4.39 Å². The van der Waals surface area contributed by atoms with Gasteiger partial charge in [-0.2, -0.15) is 0 Å². The first-order valence-corrected chi connectivity index (χ1v) is 7.18. The molecule has 2 aromatic carbocycles. The van der Waals surface area contributed by atoms with Crippen molar-refractivity contribution in [1.29, 1.82) is 0 Å². The van der Waals surface area contributed by atoms with Crippen LogP contribution in [0.15, 0.2) is 46.9 Å². The fourth-order valence-corrected chi connectivity index (χ4v) is 2.31. The van der Waals surface area contributed by atoms with Crippen molar-refractivity contribution < 1.29 is 14.2 Å². The van der Waals surface area contributed by atoms with Crippen LogP contribution >= 0.6 is 15.9 Å². The van der Waals surface area contributed by atoms with Gasteiger partial charge in [-0.1, -0.05) is 39.9 Å². The summed E-state index contributed by atoms with van der Waals surface area (Å²) in [5, 5.41) is 8.66. The molecule has 2 nitrogen and oxygen atoms in total. The average Bonchev–Trinajstić information content (AvgIpc) is 2.45. The minimum atomic E-state index is -0.360. The lowest BCUT2D eigenvalue weighted by molar-refractivity contribution is 0.107. The molecule has 21 heavy (non-hydrogen) atoms. The maximum atomic E-state index is 13.5. The van der Waals surface area contributed by atoms with Crippen LogP contribution in [-0.4, -0.2) is 11.7 Å². The standard InChI is InChI=1S/C17H14BrFO2/c18-16-5-1-3-14(8-16)11-21-12-15-7-13(4-2-6-20)9-17(19)10-15/h1,3,5,7-10,20H,6,11-12H2. The van der Waals surface area contributed by atoms with Gasteiger partial charge in [-0.15, -0.1) is 0 Å². The molecule has 0 atom stereocenters. The van der Waals surface area contributed by atoms with Crippen molar-refractivity contribution in [3.8, 4) is 11.8 Å². The third-order valence-electron chi connectivity index (χ3n) is 2.70. The first kappa shape index (κ1) is 15.7. The lowest BCUT2D eigenvalue weighted by atomic mass is 10.1. The minimum Gasteiger partial charge on any atom is -0.384 e. The topological polar surface area (TPSA) is 29.5 Å². The van der Waals surface area contributed by atoms with E-state index in [2.05, 4.69) is 27.8 Å². The van der Waals surface area contributed by atoms with E-state index in [9.17, 15) is 4.39 Å². The highest BCUT2D eigenvalue weighted by Gasteiger charge is 2.01. The molecule has 108 valence electrons. The number of rotatable bonds is 4. The van der Waals surface area contributed by atoms with Gasteiger partial charge < -0.3 is 9.84 Å². The van der Waals surface area contributed by atoms with E-state index < -0.39 is 0 Å². The number of hydrogen-bond donors (Lipinski definition) is 1. The first-order chi connectivity index (χ1) is 10.2. The van der Waals surface area contributed by atoms with Crippen molar-refractivity contribution in [2.45, 2.75) is 13.2 Å². The zero-order valence-electron chi connectivity index (χ0n) is 11.3. The zero-order chi connectivity index (χ0) is 15.1. The Labute approximate surface area is 131 Å². The van der Waals surface area contributed by atoms with Crippen LogP contribution in [-0.2, 0) is 18.0 Å². The summed E-state index contributed by atoms with van der Waals surface area (Å²) in [5.41, 5.74) is 2.29. The molecule has 1 N–H and O–H groups in total. The van der Waals surface area contributed by atoms with Gasteiger partial charge in [-0.05, 0) is 41.5 Å². The third-order valence-corrected chi connectivity index (χ3v) is 3.19. The molecule has 0 aliphatic carbocycles. The lowest BCUT2D eigenvalue weighted by Crippen LogP contribution is -1.96. The molecule has 0 saturated heterocycles. The number of ether oxygens (including phenoxy) is 1. The highest BCUT2D eigenvalue weighted by molar-refractivity contribution is 9.10. The van der Waals surface area contributed by atoms with Crippen molar-refractivity contribution in [2.75, 3.05) is 6.61 Å². The fraction of sp³-hybridized carbons (Fsp3) is 0.176. The Morgan fingerprint density at radius 3 is 2.67 bits per heavy atom. The lowest BCUT2D eigenvalue weighted by Gasteiger charge is -2.06. The molecule has 0 aliphatic rings. The van der Waals surface area contributed by atoms with Gasteiger partial charge in [0.1, 0.15) is 12.4 Å². The summed E-state index contributed by atoms with van der Waals surface area (Å²) in [6.45, 7) is 0.511. The molecule has 0 aliphatic heterocycles. The SMILES string of the molecule is OCC#Cc1cc(F)cc(COCc2cccc(Br)c2)c1. The number of aliphatic hydroxyl groups excluding tert-OH is 1. The summed E-state index contributed by atoms with van der Waals surface area (Å²) in [4.78, 5) is 0. The van der Waals surface area contributed by atoms with Gasteiger partial charge in [0.05, 0.1) is 13.2 Å². The Bertz CT molecular complexity index is 674. The summed E-state index contributed by atoms with van der Waals surface area (Å²) >= 11 is 3.40. The molecular formula is C17H14BrFO2. The van der Waals surface area contributed by atoms with E-state index in [1.54, 1.807) is 6.07 Å². The average molecular weight is 349 g/mol. The Hall–Kier alpha value is -1.67. The van der Waals surface area contributed by atoms with E-state index in [0.717, 1.165) is 10.0 Å². The maximum absolute atomic E-state index is 13.5. The second-order valence-corrected chi connectivity index (χ2v) is 5.35. The molecule has 0 heterocycles. The predicted molar refractivity (Wildman–Crippen MR) is 83.0 cm³/mol. The Morgan fingerprint density at radius 2 is 1.90 bits per heavy atom. The highest BCUT2D eigenvalue weighted by atomic mass is 79.9. The van der Waals surface area contributed by atoms with Gasteiger partial charge in [0.15, 0.2) is 0 Å². The molecule has 2 rings (SSSR count). The fourth-order valence-electron chi connectivity index (χ4n) is 1.86. The number of halogens is 2. The third kappa shape index (κ3) is 5.31. The molecule has 0 bridgehead atoms. The van der Waals surface area contributed by atoms with Crippen molar-refractivity contribution in [3.05, 3.63) is 69.4 Å². The molecule has 0 saturated carbocycles. The van der Waals surface area contributed by atoms with Crippen LogP contribution in [0, 0.1) is 17.7 Å². The van der Waals surface area contributed by atoms with Crippen molar-refractivity contribution in [2.24, 2.45) is 0 Å². The molecular weight excluding hydrogens is 335 g/mol.